The monoisotopic (exact) mass is 322 g/mol. The molecule has 0 unspecified atom stereocenters. The lowest BCUT2D eigenvalue weighted by Crippen LogP contribution is -2.24. The summed E-state index contributed by atoms with van der Waals surface area (Å²) < 4.78 is 6.95. The molecule has 3 heterocycles. The second-order valence-electron chi connectivity index (χ2n) is 5.56. The van der Waals surface area contributed by atoms with E-state index >= 15 is 0 Å². The quantitative estimate of drug-likeness (QED) is 0.485. The normalized spacial score (nSPS) is 24.8. The van der Waals surface area contributed by atoms with Crippen LogP contribution in [0.2, 0.25) is 0 Å². The molecule has 0 amide bonds. The highest BCUT2D eigenvalue weighted by Crippen LogP contribution is 2.28. The first-order chi connectivity index (χ1) is 11.0. The standard InChI is InChI=1S/C13H18N6O4/c1-18(2)6-14-13-15-11-7(12(22)16-13)4-19(17-11)10-3-8(21)9(5-20)23-10/h4,6,8-10,20-21H,3,5H2,1-2H3,(H,15,16,17,22)/t8-,9+,10+/m0/s1. The van der Waals surface area contributed by atoms with Gasteiger partial charge in [0.15, 0.2) is 11.9 Å². The molecule has 0 bridgehead atoms. The van der Waals surface area contributed by atoms with Crippen LogP contribution in [0.25, 0.3) is 11.0 Å². The van der Waals surface area contributed by atoms with Crippen LogP contribution in [0.4, 0.5) is 5.95 Å². The van der Waals surface area contributed by atoms with Crippen molar-refractivity contribution in [3.63, 3.8) is 0 Å². The van der Waals surface area contributed by atoms with Crippen molar-refractivity contribution in [2.45, 2.75) is 24.9 Å². The van der Waals surface area contributed by atoms with Gasteiger partial charge in [0.1, 0.15) is 11.5 Å². The van der Waals surface area contributed by atoms with Gasteiger partial charge in [0.05, 0.1) is 19.0 Å². The fourth-order valence-corrected chi connectivity index (χ4v) is 2.34. The highest BCUT2D eigenvalue weighted by molar-refractivity contribution is 5.74. The molecule has 1 aliphatic heterocycles. The van der Waals surface area contributed by atoms with Gasteiger partial charge in [-0.25, -0.2) is 9.67 Å². The number of aromatic nitrogens is 4. The van der Waals surface area contributed by atoms with Gasteiger partial charge >= 0.3 is 0 Å². The van der Waals surface area contributed by atoms with Crippen molar-refractivity contribution in [2.75, 3.05) is 20.7 Å². The van der Waals surface area contributed by atoms with E-state index in [1.165, 1.54) is 17.2 Å². The summed E-state index contributed by atoms with van der Waals surface area (Å²) in [5.41, 5.74) is -0.116. The Bertz CT molecular complexity index is 782. The third-order valence-electron chi connectivity index (χ3n) is 3.48. The van der Waals surface area contributed by atoms with E-state index in [1.807, 2.05) is 0 Å². The van der Waals surface area contributed by atoms with Gasteiger partial charge in [0, 0.05) is 26.7 Å². The van der Waals surface area contributed by atoms with Gasteiger partial charge in [-0.2, -0.15) is 4.98 Å². The number of nitrogens with one attached hydrogen (secondary N) is 1. The number of rotatable bonds is 4. The Morgan fingerprint density at radius 2 is 2.39 bits per heavy atom. The van der Waals surface area contributed by atoms with Crippen LogP contribution in [-0.4, -0.2) is 74.1 Å². The molecule has 3 atom stereocenters. The van der Waals surface area contributed by atoms with Crippen LogP contribution in [0.5, 0.6) is 0 Å². The van der Waals surface area contributed by atoms with Gasteiger partial charge in [0.2, 0.25) is 5.95 Å². The van der Waals surface area contributed by atoms with Gasteiger partial charge in [-0.1, -0.05) is 0 Å². The summed E-state index contributed by atoms with van der Waals surface area (Å²) >= 11 is 0. The number of aromatic amines is 1. The Kier molecular flexibility index (Phi) is 4.11. The van der Waals surface area contributed by atoms with Crippen LogP contribution >= 0.6 is 0 Å². The van der Waals surface area contributed by atoms with Crippen molar-refractivity contribution in [2.24, 2.45) is 4.99 Å². The molecule has 0 radical (unpaired) electrons. The number of hydrogen-bond acceptors (Lipinski definition) is 7. The van der Waals surface area contributed by atoms with Crippen LogP contribution in [0, 0.1) is 0 Å². The molecule has 0 aliphatic carbocycles. The summed E-state index contributed by atoms with van der Waals surface area (Å²) in [7, 11) is 3.60. The molecule has 0 spiro atoms. The molecule has 0 saturated carbocycles. The molecule has 23 heavy (non-hydrogen) atoms. The minimum absolute atomic E-state index is 0.155. The van der Waals surface area contributed by atoms with E-state index in [-0.39, 0.29) is 30.2 Å². The van der Waals surface area contributed by atoms with Gasteiger partial charge in [-0.15, -0.1) is 5.10 Å². The maximum Gasteiger partial charge on any atom is 0.263 e. The Hall–Kier alpha value is -2.30. The maximum absolute atomic E-state index is 12.1. The molecule has 3 rings (SSSR count). The number of nitrogens with zero attached hydrogens (tertiary/aromatic N) is 5. The molecule has 1 saturated heterocycles. The summed E-state index contributed by atoms with van der Waals surface area (Å²) in [6, 6.07) is 0. The number of ether oxygens (including phenoxy) is 1. The first kappa shape index (κ1) is 15.6. The van der Waals surface area contributed by atoms with E-state index < -0.39 is 18.4 Å². The number of H-pyrrole nitrogens is 1. The first-order valence-corrected chi connectivity index (χ1v) is 7.12. The first-order valence-electron chi connectivity index (χ1n) is 7.12. The van der Waals surface area contributed by atoms with E-state index in [0.717, 1.165) is 0 Å². The van der Waals surface area contributed by atoms with Crippen molar-refractivity contribution < 1.29 is 14.9 Å². The van der Waals surface area contributed by atoms with E-state index in [0.29, 0.717) is 5.39 Å². The number of aliphatic hydroxyl groups is 2. The zero-order valence-electron chi connectivity index (χ0n) is 12.7. The van der Waals surface area contributed by atoms with Crippen LogP contribution in [-0.2, 0) is 4.74 Å². The highest BCUT2D eigenvalue weighted by atomic mass is 16.5. The molecule has 124 valence electrons. The fraction of sp³-hybridized carbons (Fsp3) is 0.538. The molecule has 10 nitrogen and oxygen atoms in total. The molecular formula is C13H18N6O4. The van der Waals surface area contributed by atoms with E-state index in [9.17, 15) is 9.90 Å². The number of hydrogen-bond donors (Lipinski definition) is 3. The highest BCUT2D eigenvalue weighted by Gasteiger charge is 2.35. The molecule has 3 N–H and O–H groups in total. The Balaban J connectivity index is 1.93. The van der Waals surface area contributed by atoms with Crippen molar-refractivity contribution in [3.05, 3.63) is 16.6 Å². The number of fused-ring (bicyclic) bond motifs is 1. The van der Waals surface area contributed by atoms with Crippen LogP contribution in [0.1, 0.15) is 12.6 Å². The van der Waals surface area contributed by atoms with Gasteiger partial charge < -0.3 is 19.8 Å². The molecule has 10 heteroatoms. The van der Waals surface area contributed by atoms with E-state index in [1.54, 1.807) is 19.0 Å². The SMILES string of the molecule is CN(C)C=Nc1nc2nn([C@H]3C[C@H](O)[C@@H](CO)O3)cc2c(=O)[nH]1. The summed E-state index contributed by atoms with van der Waals surface area (Å²) in [4.78, 5) is 24.6. The summed E-state index contributed by atoms with van der Waals surface area (Å²) in [5, 5.41) is 23.4. The second-order valence-corrected chi connectivity index (χ2v) is 5.56. The van der Waals surface area contributed by atoms with Crippen LogP contribution in [0.3, 0.4) is 0 Å². The summed E-state index contributed by atoms with van der Waals surface area (Å²) in [6.45, 7) is -0.277. The topological polar surface area (TPSA) is 129 Å². The van der Waals surface area contributed by atoms with E-state index in [2.05, 4.69) is 20.1 Å². The molecule has 2 aromatic rings. The lowest BCUT2D eigenvalue weighted by molar-refractivity contribution is -0.0482. The molecule has 2 aromatic heterocycles. The van der Waals surface area contributed by atoms with Crippen molar-refractivity contribution in [3.8, 4) is 0 Å². The fourth-order valence-electron chi connectivity index (χ4n) is 2.34. The minimum atomic E-state index is -0.774. The molecule has 1 fully saturated rings. The van der Waals surface area contributed by atoms with Crippen molar-refractivity contribution in [1.29, 1.82) is 0 Å². The molecular weight excluding hydrogens is 304 g/mol. The van der Waals surface area contributed by atoms with Crippen molar-refractivity contribution >= 4 is 23.3 Å². The van der Waals surface area contributed by atoms with E-state index in [4.69, 9.17) is 9.84 Å². The Morgan fingerprint density at radius 1 is 1.61 bits per heavy atom. The van der Waals surface area contributed by atoms with Gasteiger partial charge in [-0.3, -0.25) is 9.78 Å². The maximum atomic E-state index is 12.1. The van der Waals surface area contributed by atoms with Crippen LogP contribution < -0.4 is 5.56 Å². The third-order valence-corrected chi connectivity index (χ3v) is 3.48. The predicted molar refractivity (Wildman–Crippen MR) is 81.6 cm³/mol. The Labute approximate surface area is 131 Å². The summed E-state index contributed by atoms with van der Waals surface area (Å²) in [5.74, 6) is 0.155. The zero-order chi connectivity index (χ0) is 16.6. The average molecular weight is 322 g/mol. The predicted octanol–water partition coefficient (Wildman–Crippen LogP) is -1.02. The van der Waals surface area contributed by atoms with Gasteiger partial charge in [-0.05, 0) is 0 Å². The third kappa shape index (κ3) is 3.09. The second kappa shape index (κ2) is 6.07. The number of aliphatic hydroxyl groups excluding tert-OH is 2. The molecule has 1 aliphatic rings. The minimum Gasteiger partial charge on any atom is -0.394 e. The Morgan fingerprint density at radius 3 is 3.04 bits per heavy atom. The lowest BCUT2D eigenvalue weighted by atomic mass is 10.2. The van der Waals surface area contributed by atoms with Gasteiger partial charge in [0.25, 0.3) is 5.56 Å². The number of aliphatic imine (C=N–C) groups is 1. The average Bonchev–Trinajstić information content (AvgIpc) is 3.08. The lowest BCUT2D eigenvalue weighted by Gasteiger charge is -2.11. The summed E-state index contributed by atoms with van der Waals surface area (Å²) in [6.07, 6.45) is 1.33. The smallest absolute Gasteiger partial charge is 0.263 e. The molecule has 0 aromatic carbocycles. The van der Waals surface area contributed by atoms with Crippen molar-refractivity contribution in [1.82, 2.24) is 24.6 Å². The van der Waals surface area contributed by atoms with Crippen LogP contribution in [0.15, 0.2) is 16.0 Å². The zero-order valence-corrected chi connectivity index (χ0v) is 12.7. The largest absolute Gasteiger partial charge is 0.394 e.